The summed E-state index contributed by atoms with van der Waals surface area (Å²) in [6.07, 6.45) is -1.52. The molecule has 8 heteroatoms. The normalized spacial score (nSPS) is 11.2. The molecule has 0 unspecified atom stereocenters. The average molecular weight is 361 g/mol. The van der Waals surface area contributed by atoms with Crippen molar-refractivity contribution in [1.82, 2.24) is 9.55 Å². The third-order valence-corrected chi connectivity index (χ3v) is 3.47. The van der Waals surface area contributed by atoms with Gasteiger partial charge in [0, 0.05) is 29.8 Å². The van der Waals surface area contributed by atoms with Crippen molar-refractivity contribution in [2.24, 2.45) is 0 Å². The number of nitrogens with zero attached hydrogens (tertiary/aromatic N) is 2. The van der Waals surface area contributed by atoms with E-state index >= 15 is 0 Å². The molecule has 2 aromatic heterocycles. The van der Waals surface area contributed by atoms with E-state index in [2.05, 4.69) is 15.0 Å². The maximum absolute atomic E-state index is 12.3. The zero-order valence-electron chi connectivity index (χ0n) is 13.4. The predicted octanol–water partition coefficient (Wildman–Crippen LogP) is 3.74. The fourth-order valence-corrected chi connectivity index (χ4v) is 2.31. The summed E-state index contributed by atoms with van der Waals surface area (Å²) in [5.41, 5.74) is 1.56. The summed E-state index contributed by atoms with van der Waals surface area (Å²) < 4.78 is 41.7. The highest BCUT2D eigenvalue weighted by Gasteiger charge is 2.30. The number of nitrogens with one attached hydrogen (secondary N) is 1. The Kier molecular flexibility index (Phi) is 4.92. The summed E-state index contributed by atoms with van der Waals surface area (Å²) in [7, 11) is 0. The van der Waals surface area contributed by atoms with Crippen molar-refractivity contribution in [2.45, 2.75) is 12.9 Å². The zero-order chi connectivity index (χ0) is 18.6. The number of benzene rings is 1. The number of anilines is 1. The summed E-state index contributed by atoms with van der Waals surface area (Å²) in [6.45, 7) is 0.466. The highest BCUT2D eigenvalue weighted by atomic mass is 19.4. The van der Waals surface area contributed by atoms with Crippen LogP contribution in [0.3, 0.4) is 0 Å². The lowest BCUT2D eigenvalue weighted by molar-refractivity contribution is -0.274. The van der Waals surface area contributed by atoms with Gasteiger partial charge >= 0.3 is 6.36 Å². The molecule has 0 bridgehead atoms. The van der Waals surface area contributed by atoms with Crippen LogP contribution < -0.4 is 15.6 Å². The van der Waals surface area contributed by atoms with E-state index in [1.165, 1.54) is 22.8 Å². The van der Waals surface area contributed by atoms with Gasteiger partial charge in [-0.1, -0.05) is 6.07 Å². The molecule has 0 fully saturated rings. The zero-order valence-corrected chi connectivity index (χ0v) is 13.4. The van der Waals surface area contributed by atoms with E-state index in [1.807, 2.05) is 18.2 Å². The maximum Gasteiger partial charge on any atom is 0.573 e. The Hall–Kier alpha value is -3.29. The molecule has 3 aromatic rings. The lowest BCUT2D eigenvalue weighted by Gasteiger charge is -2.11. The fraction of sp³-hybridized carbons (Fsp3) is 0.111. The first kappa shape index (κ1) is 17.5. The number of hydrogen-bond donors (Lipinski definition) is 1. The highest BCUT2D eigenvalue weighted by molar-refractivity contribution is 5.44. The minimum Gasteiger partial charge on any atom is -0.406 e. The van der Waals surface area contributed by atoms with Crippen LogP contribution in [0.4, 0.5) is 18.9 Å². The molecule has 1 N–H and O–H groups in total. The van der Waals surface area contributed by atoms with E-state index < -0.39 is 6.36 Å². The van der Waals surface area contributed by atoms with Gasteiger partial charge < -0.3 is 10.1 Å². The van der Waals surface area contributed by atoms with E-state index in [4.69, 9.17) is 0 Å². The van der Waals surface area contributed by atoms with Gasteiger partial charge in [0.1, 0.15) is 5.75 Å². The van der Waals surface area contributed by atoms with Crippen LogP contribution in [0.2, 0.25) is 0 Å². The summed E-state index contributed by atoms with van der Waals surface area (Å²) in [5, 5.41) is 3.09. The molecule has 0 aliphatic rings. The lowest BCUT2D eigenvalue weighted by Crippen LogP contribution is -2.18. The number of ether oxygens (including phenoxy) is 1. The molecule has 134 valence electrons. The summed E-state index contributed by atoms with van der Waals surface area (Å²) in [5.74, 6) is -0.344. The lowest BCUT2D eigenvalue weighted by atomic mass is 10.3. The Labute approximate surface area is 146 Å². The van der Waals surface area contributed by atoms with Crippen molar-refractivity contribution in [3.05, 3.63) is 83.0 Å². The minimum absolute atomic E-state index is 0.319. The van der Waals surface area contributed by atoms with Gasteiger partial charge in [-0.15, -0.1) is 13.2 Å². The Morgan fingerprint density at radius 2 is 1.85 bits per heavy atom. The molecule has 0 saturated heterocycles. The van der Waals surface area contributed by atoms with Crippen LogP contribution in [0.15, 0.2) is 71.8 Å². The van der Waals surface area contributed by atoms with Crippen molar-refractivity contribution >= 4 is 5.69 Å². The highest BCUT2D eigenvalue weighted by Crippen LogP contribution is 2.23. The van der Waals surface area contributed by atoms with Gasteiger partial charge in [0.2, 0.25) is 0 Å². The van der Waals surface area contributed by atoms with Crippen molar-refractivity contribution in [2.75, 3.05) is 5.32 Å². The number of alkyl halides is 3. The third-order valence-electron chi connectivity index (χ3n) is 3.47. The molecule has 5 nitrogen and oxygen atoms in total. The number of rotatable bonds is 5. The molecule has 0 atom stereocenters. The predicted molar refractivity (Wildman–Crippen MR) is 90.3 cm³/mol. The first-order valence-corrected chi connectivity index (χ1v) is 7.63. The number of hydrogen-bond acceptors (Lipinski definition) is 4. The second-order valence-electron chi connectivity index (χ2n) is 5.34. The second-order valence-corrected chi connectivity index (χ2v) is 5.34. The van der Waals surface area contributed by atoms with Crippen molar-refractivity contribution < 1.29 is 17.9 Å². The molecule has 0 aliphatic heterocycles. The Balaban J connectivity index is 1.72. The first-order valence-electron chi connectivity index (χ1n) is 7.63. The van der Waals surface area contributed by atoms with Crippen LogP contribution in [0.25, 0.3) is 5.69 Å². The van der Waals surface area contributed by atoms with Crippen LogP contribution in [0.1, 0.15) is 5.69 Å². The largest absolute Gasteiger partial charge is 0.573 e. The van der Waals surface area contributed by atoms with Gasteiger partial charge in [0.05, 0.1) is 12.2 Å². The van der Waals surface area contributed by atoms with E-state index in [-0.39, 0.29) is 11.3 Å². The fourth-order valence-electron chi connectivity index (χ4n) is 2.31. The quantitative estimate of drug-likeness (QED) is 0.752. The van der Waals surface area contributed by atoms with Crippen LogP contribution in [0, 0.1) is 0 Å². The topological polar surface area (TPSA) is 56.2 Å². The monoisotopic (exact) mass is 361 g/mol. The van der Waals surface area contributed by atoms with Crippen LogP contribution in [-0.4, -0.2) is 15.9 Å². The Morgan fingerprint density at radius 1 is 1.08 bits per heavy atom. The van der Waals surface area contributed by atoms with Gasteiger partial charge in [-0.2, -0.15) is 0 Å². The minimum atomic E-state index is -4.75. The summed E-state index contributed by atoms with van der Waals surface area (Å²) in [4.78, 5) is 16.4. The summed E-state index contributed by atoms with van der Waals surface area (Å²) in [6, 6.07) is 13.7. The molecule has 0 amide bonds. The molecule has 1 aromatic carbocycles. The molecular weight excluding hydrogens is 347 g/mol. The van der Waals surface area contributed by atoms with Gasteiger partial charge in [-0.25, -0.2) is 0 Å². The number of halogens is 3. The molecule has 3 rings (SSSR count). The van der Waals surface area contributed by atoms with E-state index in [0.29, 0.717) is 17.9 Å². The molecule has 0 aliphatic carbocycles. The van der Waals surface area contributed by atoms with E-state index in [0.717, 1.165) is 17.8 Å². The molecule has 26 heavy (non-hydrogen) atoms. The molecular formula is C18H14F3N3O2. The molecule has 0 saturated carbocycles. The molecule has 2 heterocycles. The molecule has 0 radical (unpaired) electrons. The Bertz CT molecular complexity index is 923. The average Bonchev–Trinajstić information content (AvgIpc) is 2.61. The van der Waals surface area contributed by atoms with Crippen LogP contribution in [0.5, 0.6) is 5.75 Å². The standard InChI is InChI=1S/C18H14F3N3O2/c19-18(20,21)26-16-6-4-15(5-7-16)24-10-8-13(11-17(24)25)23-12-14-3-1-2-9-22-14/h1-11,23H,12H2. The van der Waals surface area contributed by atoms with E-state index in [1.54, 1.807) is 18.5 Å². The van der Waals surface area contributed by atoms with Crippen molar-refractivity contribution in [3.8, 4) is 11.4 Å². The molecule has 0 spiro atoms. The number of pyridine rings is 2. The second kappa shape index (κ2) is 7.30. The van der Waals surface area contributed by atoms with E-state index in [9.17, 15) is 18.0 Å². The van der Waals surface area contributed by atoms with Gasteiger partial charge in [0.15, 0.2) is 0 Å². The number of aromatic nitrogens is 2. The van der Waals surface area contributed by atoms with Gasteiger partial charge in [-0.05, 0) is 42.5 Å². The third kappa shape index (κ3) is 4.62. The van der Waals surface area contributed by atoms with Crippen molar-refractivity contribution in [1.29, 1.82) is 0 Å². The maximum atomic E-state index is 12.3. The SMILES string of the molecule is O=c1cc(NCc2ccccn2)ccn1-c1ccc(OC(F)(F)F)cc1. The Morgan fingerprint density at radius 3 is 2.46 bits per heavy atom. The first-order chi connectivity index (χ1) is 12.4. The van der Waals surface area contributed by atoms with Crippen LogP contribution in [-0.2, 0) is 6.54 Å². The van der Waals surface area contributed by atoms with Gasteiger partial charge in [-0.3, -0.25) is 14.3 Å². The van der Waals surface area contributed by atoms with Crippen LogP contribution >= 0.6 is 0 Å². The smallest absolute Gasteiger partial charge is 0.406 e. The van der Waals surface area contributed by atoms with Gasteiger partial charge in [0.25, 0.3) is 5.56 Å². The summed E-state index contributed by atoms with van der Waals surface area (Å²) >= 11 is 0. The van der Waals surface area contributed by atoms with Crippen molar-refractivity contribution in [3.63, 3.8) is 0 Å².